The number of pyridine rings is 1. The summed E-state index contributed by atoms with van der Waals surface area (Å²) in [5.74, 6) is 0.261. The third-order valence-electron chi connectivity index (χ3n) is 3.15. The van der Waals surface area contributed by atoms with E-state index in [0.29, 0.717) is 38.5 Å². The fraction of sp³-hybridized carbons (Fsp3) is 0.235. The maximum atomic E-state index is 12.0. The van der Waals surface area contributed by atoms with Crippen LogP contribution in [0.3, 0.4) is 0 Å². The number of carbonyl (C=O) groups excluding carboxylic acids is 1. The largest absolute Gasteiger partial charge is 0.490 e. The van der Waals surface area contributed by atoms with Gasteiger partial charge >= 0.3 is 5.97 Å². The Hall–Kier alpha value is -2.34. The van der Waals surface area contributed by atoms with Crippen LogP contribution in [0.2, 0.25) is 0 Å². The molecule has 0 fully saturated rings. The van der Waals surface area contributed by atoms with Crippen molar-refractivity contribution in [3.63, 3.8) is 0 Å². The van der Waals surface area contributed by atoms with E-state index in [1.165, 1.54) is 6.92 Å². The first-order valence-electron chi connectivity index (χ1n) is 7.16. The second kappa shape index (κ2) is 7.49. The number of hydrogen-bond acceptors (Lipinski definition) is 5. The lowest BCUT2D eigenvalue weighted by Gasteiger charge is -2.14. The van der Waals surface area contributed by atoms with Crippen LogP contribution in [0, 0.1) is 21.8 Å². The molecule has 6 nitrogen and oxygen atoms in total. The van der Waals surface area contributed by atoms with Crippen LogP contribution in [-0.2, 0) is 4.79 Å². The Bertz CT molecular complexity index is 897. The standard InChI is InChI=1S/C17H15IN2O4/c1-4-23-15-7-11(6-14(18)16(15)24-10(3)21)12-5-9(2)20-17(22)13(12)8-19/h5-7H,4H2,1-3H3,(H,20,22). The second-order valence-electron chi connectivity index (χ2n) is 4.99. The maximum Gasteiger partial charge on any atom is 0.308 e. The fourth-order valence-corrected chi connectivity index (χ4v) is 2.97. The molecule has 0 unspecified atom stereocenters. The van der Waals surface area contributed by atoms with Crippen LogP contribution in [-0.4, -0.2) is 17.6 Å². The van der Waals surface area contributed by atoms with E-state index in [1.54, 1.807) is 25.1 Å². The first kappa shape index (κ1) is 18.0. The summed E-state index contributed by atoms with van der Waals surface area (Å²) < 4.78 is 11.4. The molecule has 2 rings (SSSR count). The number of aromatic nitrogens is 1. The number of aromatic amines is 1. The van der Waals surface area contributed by atoms with Gasteiger partial charge in [0.15, 0.2) is 11.5 Å². The van der Waals surface area contributed by atoms with Gasteiger partial charge in [-0.05, 0) is 60.2 Å². The highest BCUT2D eigenvalue weighted by Gasteiger charge is 2.18. The minimum absolute atomic E-state index is 0.0269. The Kier molecular flexibility index (Phi) is 5.62. The summed E-state index contributed by atoms with van der Waals surface area (Å²) in [5, 5.41) is 9.29. The Morgan fingerprint density at radius 2 is 2.08 bits per heavy atom. The van der Waals surface area contributed by atoms with Crippen molar-refractivity contribution in [1.29, 1.82) is 5.26 Å². The predicted octanol–water partition coefficient (Wildman–Crippen LogP) is 3.15. The molecule has 0 saturated heterocycles. The molecular weight excluding hydrogens is 423 g/mol. The van der Waals surface area contributed by atoms with Crippen LogP contribution in [0.15, 0.2) is 23.0 Å². The van der Waals surface area contributed by atoms with Gasteiger partial charge in [-0.1, -0.05) is 0 Å². The molecular formula is C17H15IN2O4. The molecule has 0 radical (unpaired) electrons. The maximum absolute atomic E-state index is 12.0. The first-order chi connectivity index (χ1) is 11.4. The molecule has 7 heteroatoms. The van der Waals surface area contributed by atoms with Crippen molar-refractivity contribution in [2.45, 2.75) is 20.8 Å². The van der Waals surface area contributed by atoms with E-state index in [9.17, 15) is 14.9 Å². The highest BCUT2D eigenvalue weighted by molar-refractivity contribution is 14.1. The zero-order valence-electron chi connectivity index (χ0n) is 13.4. The zero-order valence-corrected chi connectivity index (χ0v) is 15.6. The smallest absolute Gasteiger partial charge is 0.308 e. The lowest BCUT2D eigenvalue weighted by atomic mass is 10.0. The average Bonchev–Trinajstić information content (AvgIpc) is 2.49. The number of esters is 1. The summed E-state index contributed by atoms with van der Waals surface area (Å²) in [6.45, 7) is 5.25. The third-order valence-corrected chi connectivity index (χ3v) is 3.95. The van der Waals surface area contributed by atoms with Crippen LogP contribution in [0.5, 0.6) is 11.5 Å². The highest BCUT2D eigenvalue weighted by Crippen LogP contribution is 2.38. The molecule has 1 aromatic heterocycles. The number of ether oxygens (including phenoxy) is 2. The molecule has 0 atom stereocenters. The highest BCUT2D eigenvalue weighted by atomic mass is 127. The number of nitriles is 1. The van der Waals surface area contributed by atoms with Crippen molar-refractivity contribution in [2.75, 3.05) is 6.61 Å². The van der Waals surface area contributed by atoms with Crippen LogP contribution < -0.4 is 15.0 Å². The third kappa shape index (κ3) is 3.76. The number of hydrogen-bond donors (Lipinski definition) is 1. The number of H-pyrrole nitrogens is 1. The van der Waals surface area contributed by atoms with E-state index in [4.69, 9.17) is 9.47 Å². The Morgan fingerprint density at radius 1 is 1.38 bits per heavy atom. The molecule has 1 aromatic carbocycles. The summed E-state index contributed by atoms with van der Waals surface area (Å²) in [4.78, 5) is 25.9. The van der Waals surface area contributed by atoms with Gasteiger partial charge in [0.05, 0.1) is 10.2 Å². The molecule has 0 aliphatic rings. The molecule has 0 aliphatic carbocycles. The van der Waals surface area contributed by atoms with Gasteiger partial charge in [0.25, 0.3) is 5.56 Å². The molecule has 0 aliphatic heterocycles. The first-order valence-corrected chi connectivity index (χ1v) is 8.24. The van der Waals surface area contributed by atoms with Crippen molar-refractivity contribution in [2.24, 2.45) is 0 Å². The van der Waals surface area contributed by atoms with Crippen LogP contribution in [0.4, 0.5) is 0 Å². The van der Waals surface area contributed by atoms with Gasteiger partial charge in [0.2, 0.25) is 0 Å². The van der Waals surface area contributed by atoms with Crippen LogP contribution in [0.1, 0.15) is 25.1 Å². The van der Waals surface area contributed by atoms with Crippen molar-refractivity contribution in [1.82, 2.24) is 4.98 Å². The van der Waals surface area contributed by atoms with Gasteiger partial charge in [-0.2, -0.15) is 5.26 Å². The number of nitrogens with zero attached hydrogens (tertiary/aromatic N) is 1. The molecule has 124 valence electrons. The van der Waals surface area contributed by atoms with Crippen LogP contribution >= 0.6 is 22.6 Å². The number of benzene rings is 1. The average molecular weight is 438 g/mol. The van der Waals surface area contributed by atoms with Crippen molar-refractivity contribution >= 4 is 28.6 Å². The molecule has 1 N–H and O–H groups in total. The Morgan fingerprint density at radius 3 is 2.67 bits per heavy atom. The van der Waals surface area contributed by atoms with E-state index in [-0.39, 0.29) is 5.56 Å². The van der Waals surface area contributed by atoms with E-state index in [1.807, 2.05) is 35.6 Å². The monoisotopic (exact) mass is 438 g/mol. The van der Waals surface area contributed by atoms with Gasteiger partial charge in [0.1, 0.15) is 11.6 Å². The molecule has 0 saturated carbocycles. The lowest BCUT2D eigenvalue weighted by molar-refractivity contribution is -0.132. The molecule has 24 heavy (non-hydrogen) atoms. The molecule has 0 bridgehead atoms. The summed E-state index contributed by atoms with van der Waals surface area (Å²) >= 11 is 2.03. The number of aryl methyl sites for hydroxylation is 1. The molecule has 1 heterocycles. The van der Waals surface area contributed by atoms with Gasteiger partial charge in [-0.3, -0.25) is 9.59 Å². The van der Waals surface area contributed by atoms with E-state index >= 15 is 0 Å². The lowest BCUT2D eigenvalue weighted by Crippen LogP contribution is -2.13. The molecule has 0 amide bonds. The van der Waals surface area contributed by atoms with E-state index < -0.39 is 11.5 Å². The summed E-state index contributed by atoms with van der Waals surface area (Å²) in [7, 11) is 0. The van der Waals surface area contributed by atoms with Crippen molar-refractivity contribution in [3.05, 3.63) is 43.4 Å². The minimum atomic E-state index is -0.452. The van der Waals surface area contributed by atoms with Crippen LogP contribution in [0.25, 0.3) is 11.1 Å². The number of carbonyl (C=O) groups is 1. The molecule has 2 aromatic rings. The number of halogens is 1. The van der Waals surface area contributed by atoms with Gasteiger partial charge in [0, 0.05) is 18.2 Å². The minimum Gasteiger partial charge on any atom is -0.490 e. The van der Waals surface area contributed by atoms with E-state index in [2.05, 4.69) is 4.98 Å². The van der Waals surface area contributed by atoms with Crippen molar-refractivity contribution in [3.8, 4) is 28.7 Å². The van der Waals surface area contributed by atoms with E-state index in [0.717, 1.165) is 0 Å². The number of rotatable bonds is 4. The fourth-order valence-electron chi connectivity index (χ4n) is 2.26. The van der Waals surface area contributed by atoms with Gasteiger partial charge in [-0.25, -0.2) is 0 Å². The quantitative estimate of drug-likeness (QED) is 0.450. The SMILES string of the molecule is CCOc1cc(-c2cc(C)[nH]c(=O)c2C#N)cc(I)c1OC(C)=O. The second-order valence-corrected chi connectivity index (χ2v) is 6.16. The van der Waals surface area contributed by atoms with Gasteiger partial charge < -0.3 is 14.5 Å². The Labute approximate surface area is 152 Å². The molecule has 0 spiro atoms. The van der Waals surface area contributed by atoms with Gasteiger partial charge in [-0.15, -0.1) is 0 Å². The predicted molar refractivity (Wildman–Crippen MR) is 97.1 cm³/mol. The zero-order chi connectivity index (χ0) is 17.9. The topological polar surface area (TPSA) is 92.2 Å². The normalized spacial score (nSPS) is 10.1. The Balaban J connectivity index is 2.72. The summed E-state index contributed by atoms with van der Waals surface area (Å²) in [6, 6.07) is 7.08. The number of nitrogens with one attached hydrogen (secondary N) is 1. The summed E-state index contributed by atoms with van der Waals surface area (Å²) in [6.07, 6.45) is 0. The van der Waals surface area contributed by atoms with Crippen molar-refractivity contribution < 1.29 is 14.3 Å². The summed E-state index contributed by atoms with van der Waals surface area (Å²) in [5.41, 5.74) is 1.38.